The van der Waals surface area contributed by atoms with E-state index in [1.54, 1.807) is 17.9 Å². The van der Waals surface area contributed by atoms with E-state index in [4.69, 9.17) is 9.40 Å². The van der Waals surface area contributed by atoms with Gasteiger partial charge in [0, 0.05) is 12.2 Å². The molecule has 0 unspecified atom stereocenters. The summed E-state index contributed by atoms with van der Waals surface area (Å²) in [5, 5.41) is 2.94. The highest BCUT2D eigenvalue weighted by Crippen LogP contribution is 2.35. The Kier molecular flexibility index (Phi) is 4.90. The smallest absolute Gasteiger partial charge is 0.322 e. The Hall–Kier alpha value is -3.67. The zero-order valence-electron chi connectivity index (χ0n) is 17.1. The van der Waals surface area contributed by atoms with Crippen LogP contribution in [-0.2, 0) is 0 Å². The van der Waals surface area contributed by atoms with E-state index in [-0.39, 0.29) is 17.9 Å². The predicted octanol–water partition coefficient (Wildman–Crippen LogP) is 6.31. The van der Waals surface area contributed by atoms with Gasteiger partial charge < -0.3 is 14.6 Å². The normalized spacial score (nSPS) is 16.1. The largest absolute Gasteiger partial charge is 0.438 e. The number of nitrogens with one attached hydrogen (secondary N) is 1. The predicted molar refractivity (Wildman–Crippen MR) is 118 cm³/mol. The third-order valence-electron chi connectivity index (χ3n) is 5.72. The standard InChI is InChI=1S/C25H22FN3O2/c1-16-14-17(9-11-20(16)26)18-10-12-23-21(15-18)28-24(31-23)22-8-5-13-29(22)25(30)27-19-6-3-2-4-7-19/h2-4,6-7,9-12,14-15,22H,5,8,13H2,1H3,(H,27,30)/t22-/m1/s1. The summed E-state index contributed by atoms with van der Waals surface area (Å²) in [7, 11) is 0. The van der Waals surface area contributed by atoms with Gasteiger partial charge in [0.25, 0.3) is 0 Å². The topological polar surface area (TPSA) is 58.4 Å². The van der Waals surface area contributed by atoms with Gasteiger partial charge in [-0.15, -0.1) is 0 Å². The highest BCUT2D eigenvalue weighted by molar-refractivity contribution is 5.89. The van der Waals surface area contributed by atoms with Crippen molar-refractivity contribution in [3.8, 4) is 11.1 Å². The van der Waals surface area contributed by atoms with E-state index in [9.17, 15) is 9.18 Å². The summed E-state index contributed by atoms with van der Waals surface area (Å²) in [5.41, 5.74) is 4.63. The van der Waals surface area contributed by atoms with Crippen molar-refractivity contribution in [3.05, 3.63) is 84.0 Å². The summed E-state index contributed by atoms with van der Waals surface area (Å²) in [4.78, 5) is 19.3. The number of anilines is 1. The molecule has 2 heterocycles. The van der Waals surface area contributed by atoms with Crippen molar-refractivity contribution in [2.24, 2.45) is 0 Å². The van der Waals surface area contributed by atoms with E-state index in [1.807, 2.05) is 54.6 Å². The van der Waals surface area contributed by atoms with Crippen LogP contribution in [0.15, 0.2) is 71.1 Å². The molecular formula is C25H22FN3O2. The minimum atomic E-state index is -0.219. The highest BCUT2D eigenvalue weighted by Gasteiger charge is 2.33. The van der Waals surface area contributed by atoms with Crippen molar-refractivity contribution in [1.29, 1.82) is 0 Å². The summed E-state index contributed by atoms with van der Waals surface area (Å²) < 4.78 is 19.6. The molecule has 3 aromatic carbocycles. The fourth-order valence-corrected chi connectivity index (χ4v) is 4.07. The van der Waals surface area contributed by atoms with Gasteiger partial charge >= 0.3 is 6.03 Å². The van der Waals surface area contributed by atoms with Crippen LogP contribution in [0, 0.1) is 12.7 Å². The number of aromatic nitrogens is 1. The fourth-order valence-electron chi connectivity index (χ4n) is 4.07. The maximum Gasteiger partial charge on any atom is 0.322 e. The van der Waals surface area contributed by atoms with Gasteiger partial charge in [0.2, 0.25) is 5.89 Å². The third-order valence-corrected chi connectivity index (χ3v) is 5.72. The Morgan fingerprint density at radius 1 is 1.10 bits per heavy atom. The molecule has 0 aliphatic carbocycles. The zero-order chi connectivity index (χ0) is 21.4. The van der Waals surface area contributed by atoms with Crippen LogP contribution >= 0.6 is 0 Å². The second-order valence-corrected chi connectivity index (χ2v) is 7.85. The summed E-state index contributed by atoms with van der Waals surface area (Å²) in [6, 6.07) is 19.9. The number of rotatable bonds is 3. The monoisotopic (exact) mass is 415 g/mol. The molecule has 0 bridgehead atoms. The van der Waals surface area contributed by atoms with E-state index in [2.05, 4.69) is 5.32 Å². The second kappa shape index (κ2) is 7.87. The Morgan fingerprint density at radius 2 is 1.87 bits per heavy atom. The van der Waals surface area contributed by atoms with Gasteiger partial charge in [-0.1, -0.05) is 30.3 Å². The molecule has 1 atom stereocenters. The average Bonchev–Trinajstić information content (AvgIpc) is 3.42. The lowest BCUT2D eigenvalue weighted by Gasteiger charge is -2.22. The molecular weight excluding hydrogens is 393 g/mol. The van der Waals surface area contributed by atoms with Crippen molar-refractivity contribution < 1.29 is 13.6 Å². The lowest BCUT2D eigenvalue weighted by Crippen LogP contribution is -2.34. The van der Waals surface area contributed by atoms with Crippen LogP contribution in [0.3, 0.4) is 0 Å². The lowest BCUT2D eigenvalue weighted by atomic mass is 10.0. The lowest BCUT2D eigenvalue weighted by molar-refractivity contribution is 0.199. The zero-order valence-corrected chi connectivity index (χ0v) is 17.1. The number of hydrogen-bond donors (Lipinski definition) is 1. The molecule has 156 valence electrons. The first kappa shape index (κ1) is 19.3. The summed E-state index contributed by atoms with van der Waals surface area (Å²) in [5.74, 6) is 0.326. The van der Waals surface area contributed by atoms with E-state index in [0.29, 0.717) is 23.6 Å². The van der Waals surface area contributed by atoms with Crippen molar-refractivity contribution in [2.75, 3.05) is 11.9 Å². The van der Waals surface area contributed by atoms with Crippen LogP contribution in [0.25, 0.3) is 22.2 Å². The van der Waals surface area contributed by atoms with Gasteiger partial charge in [0.05, 0.1) is 0 Å². The van der Waals surface area contributed by atoms with Crippen LogP contribution in [0.5, 0.6) is 0 Å². The number of amides is 2. The van der Waals surface area contributed by atoms with Crippen molar-refractivity contribution >= 4 is 22.8 Å². The molecule has 4 aromatic rings. The van der Waals surface area contributed by atoms with Crippen LogP contribution in [0.4, 0.5) is 14.9 Å². The molecule has 5 rings (SSSR count). The molecule has 1 aromatic heterocycles. The minimum Gasteiger partial charge on any atom is -0.438 e. The summed E-state index contributed by atoms with van der Waals surface area (Å²) in [6.45, 7) is 2.41. The number of likely N-dealkylation sites (tertiary alicyclic amines) is 1. The Labute approximate surface area is 179 Å². The van der Waals surface area contributed by atoms with Gasteiger partial charge in [0.15, 0.2) is 5.58 Å². The molecule has 0 spiro atoms. The Morgan fingerprint density at radius 3 is 2.68 bits per heavy atom. The molecule has 5 nitrogen and oxygen atoms in total. The van der Waals surface area contributed by atoms with Gasteiger partial charge in [0.1, 0.15) is 17.4 Å². The van der Waals surface area contributed by atoms with E-state index in [0.717, 1.165) is 35.2 Å². The van der Waals surface area contributed by atoms with Crippen LogP contribution in [0.1, 0.15) is 30.3 Å². The van der Waals surface area contributed by atoms with E-state index in [1.165, 1.54) is 6.07 Å². The Bertz CT molecular complexity index is 1250. The first-order valence-corrected chi connectivity index (χ1v) is 10.4. The van der Waals surface area contributed by atoms with Gasteiger partial charge in [-0.2, -0.15) is 0 Å². The van der Waals surface area contributed by atoms with Crippen molar-refractivity contribution in [3.63, 3.8) is 0 Å². The molecule has 31 heavy (non-hydrogen) atoms. The van der Waals surface area contributed by atoms with Gasteiger partial charge in [-0.25, -0.2) is 14.2 Å². The number of carbonyl (C=O) groups is 1. The number of carbonyl (C=O) groups excluding carboxylic acids is 1. The van der Waals surface area contributed by atoms with Crippen LogP contribution < -0.4 is 5.32 Å². The number of para-hydroxylation sites is 1. The van der Waals surface area contributed by atoms with E-state index >= 15 is 0 Å². The van der Waals surface area contributed by atoms with Gasteiger partial charge in [-0.3, -0.25) is 0 Å². The average molecular weight is 415 g/mol. The van der Waals surface area contributed by atoms with Gasteiger partial charge in [-0.05, 0) is 72.9 Å². The number of aryl methyl sites for hydroxylation is 1. The quantitative estimate of drug-likeness (QED) is 0.426. The first-order chi connectivity index (χ1) is 15.1. The second-order valence-electron chi connectivity index (χ2n) is 7.85. The number of oxazole rings is 1. The molecule has 1 N–H and O–H groups in total. The summed E-state index contributed by atoms with van der Waals surface area (Å²) in [6.07, 6.45) is 1.70. The number of fused-ring (bicyclic) bond motifs is 1. The SMILES string of the molecule is Cc1cc(-c2ccc3oc([C@H]4CCCN4C(=O)Nc4ccccc4)nc3c2)ccc1F. The maximum absolute atomic E-state index is 13.6. The Balaban J connectivity index is 1.41. The number of nitrogens with zero attached hydrogens (tertiary/aromatic N) is 2. The first-order valence-electron chi connectivity index (χ1n) is 10.4. The highest BCUT2D eigenvalue weighted by atomic mass is 19.1. The fraction of sp³-hybridized carbons (Fsp3) is 0.200. The number of hydrogen-bond acceptors (Lipinski definition) is 3. The minimum absolute atomic E-state index is 0.154. The number of urea groups is 1. The molecule has 2 amide bonds. The number of halogens is 1. The number of benzene rings is 3. The summed E-state index contributed by atoms with van der Waals surface area (Å²) >= 11 is 0. The molecule has 1 saturated heterocycles. The molecule has 1 aliphatic heterocycles. The van der Waals surface area contributed by atoms with Crippen molar-refractivity contribution in [2.45, 2.75) is 25.8 Å². The van der Waals surface area contributed by atoms with Crippen LogP contribution in [0.2, 0.25) is 0 Å². The molecule has 6 heteroatoms. The third kappa shape index (κ3) is 3.77. The maximum atomic E-state index is 13.6. The van der Waals surface area contributed by atoms with Crippen molar-refractivity contribution in [1.82, 2.24) is 9.88 Å². The molecule has 1 fully saturated rings. The molecule has 0 radical (unpaired) electrons. The van der Waals surface area contributed by atoms with E-state index < -0.39 is 0 Å². The molecule has 0 saturated carbocycles. The van der Waals surface area contributed by atoms with Crippen LogP contribution in [-0.4, -0.2) is 22.5 Å². The molecule has 1 aliphatic rings.